The normalized spacial score (nSPS) is 11.2. The molecule has 0 N–H and O–H groups in total. The molecule has 0 saturated carbocycles. The number of nitriles is 1. The lowest BCUT2D eigenvalue weighted by Gasteiger charge is -2.08. The second-order valence-corrected chi connectivity index (χ2v) is 6.84. The van der Waals surface area contributed by atoms with Gasteiger partial charge in [0, 0.05) is 17.1 Å². The van der Waals surface area contributed by atoms with E-state index in [1.165, 1.54) is 43.6 Å². The molecule has 0 amide bonds. The van der Waals surface area contributed by atoms with Crippen LogP contribution in [0.3, 0.4) is 0 Å². The van der Waals surface area contributed by atoms with E-state index in [-0.39, 0.29) is 10.5 Å². The van der Waals surface area contributed by atoms with Crippen LogP contribution in [0, 0.1) is 11.3 Å². The van der Waals surface area contributed by atoms with Crippen molar-refractivity contribution >= 4 is 27.2 Å². The lowest BCUT2D eigenvalue weighted by molar-refractivity contribution is 0.112. The Morgan fingerprint density at radius 3 is 2.46 bits per heavy atom. The van der Waals surface area contributed by atoms with Crippen molar-refractivity contribution in [1.82, 2.24) is 3.97 Å². The van der Waals surface area contributed by atoms with Crippen LogP contribution in [0.15, 0.2) is 53.6 Å². The Morgan fingerprint density at radius 2 is 1.88 bits per heavy atom. The number of benzene rings is 2. The molecule has 0 fully saturated rings. The van der Waals surface area contributed by atoms with E-state index in [4.69, 9.17) is 10.00 Å². The smallest absolute Gasteiger partial charge is 0.268 e. The highest BCUT2D eigenvalue weighted by atomic mass is 32.2. The largest absolute Gasteiger partial charge is 0.497 e. The Kier molecular flexibility index (Phi) is 3.83. The molecular weight excluding hydrogens is 328 g/mol. The predicted octanol–water partition coefficient (Wildman–Crippen LogP) is 2.57. The molecule has 2 aromatic carbocycles. The molecule has 1 heterocycles. The third kappa shape index (κ3) is 2.43. The summed E-state index contributed by atoms with van der Waals surface area (Å²) in [4.78, 5) is 11.3. The fourth-order valence-electron chi connectivity index (χ4n) is 2.45. The van der Waals surface area contributed by atoms with Gasteiger partial charge in [-0.25, -0.2) is 12.4 Å². The Labute approximate surface area is 138 Å². The third-order valence-electron chi connectivity index (χ3n) is 3.67. The highest BCUT2D eigenvalue weighted by Crippen LogP contribution is 2.27. The van der Waals surface area contributed by atoms with E-state index in [0.717, 1.165) is 3.97 Å². The van der Waals surface area contributed by atoms with Gasteiger partial charge in [-0.2, -0.15) is 5.26 Å². The van der Waals surface area contributed by atoms with Gasteiger partial charge in [0.25, 0.3) is 10.0 Å². The molecule has 0 aliphatic heterocycles. The zero-order valence-electron chi connectivity index (χ0n) is 12.6. The van der Waals surface area contributed by atoms with E-state index < -0.39 is 10.0 Å². The van der Waals surface area contributed by atoms with Crippen molar-refractivity contribution in [3.8, 4) is 11.8 Å². The molecule has 0 unspecified atom stereocenters. The zero-order valence-corrected chi connectivity index (χ0v) is 13.4. The summed E-state index contributed by atoms with van der Waals surface area (Å²) in [6, 6.07) is 12.5. The molecule has 0 aliphatic rings. The molecule has 7 heteroatoms. The van der Waals surface area contributed by atoms with Gasteiger partial charge in [-0.1, -0.05) is 0 Å². The molecule has 6 nitrogen and oxygen atoms in total. The van der Waals surface area contributed by atoms with Gasteiger partial charge in [0.2, 0.25) is 0 Å². The summed E-state index contributed by atoms with van der Waals surface area (Å²) >= 11 is 0. The quantitative estimate of drug-likeness (QED) is 0.681. The van der Waals surface area contributed by atoms with Crippen LogP contribution in [0.1, 0.15) is 15.9 Å². The number of rotatable bonds is 4. The summed E-state index contributed by atoms with van der Waals surface area (Å²) in [5, 5.41) is 9.40. The maximum absolute atomic E-state index is 12.9. The molecule has 0 aliphatic carbocycles. The topological polar surface area (TPSA) is 89.2 Å². The van der Waals surface area contributed by atoms with Crippen LogP contribution >= 0.6 is 0 Å². The summed E-state index contributed by atoms with van der Waals surface area (Å²) in [5.41, 5.74) is 0.899. The molecule has 0 spiro atoms. The van der Waals surface area contributed by atoms with E-state index in [1.54, 1.807) is 12.1 Å². The van der Waals surface area contributed by atoms with Crippen molar-refractivity contribution in [2.75, 3.05) is 7.11 Å². The predicted molar refractivity (Wildman–Crippen MR) is 87.6 cm³/mol. The summed E-state index contributed by atoms with van der Waals surface area (Å²) in [6.45, 7) is 0. The molecule has 3 aromatic rings. The summed E-state index contributed by atoms with van der Waals surface area (Å²) in [6.07, 6.45) is 1.84. The second-order valence-electron chi connectivity index (χ2n) is 5.02. The van der Waals surface area contributed by atoms with Crippen LogP contribution in [0.5, 0.6) is 5.75 Å². The first-order chi connectivity index (χ1) is 11.5. The monoisotopic (exact) mass is 340 g/mol. The van der Waals surface area contributed by atoms with E-state index >= 15 is 0 Å². The summed E-state index contributed by atoms with van der Waals surface area (Å²) < 4.78 is 31.8. The van der Waals surface area contributed by atoms with Crippen LogP contribution in [0.2, 0.25) is 0 Å². The van der Waals surface area contributed by atoms with Crippen LogP contribution in [-0.4, -0.2) is 25.8 Å². The van der Waals surface area contributed by atoms with Gasteiger partial charge in [0.15, 0.2) is 6.29 Å². The maximum Gasteiger partial charge on any atom is 0.268 e. The Hall–Kier alpha value is -3.11. The highest BCUT2D eigenvalue weighted by molar-refractivity contribution is 7.90. The number of aldehydes is 1. The van der Waals surface area contributed by atoms with E-state index in [0.29, 0.717) is 28.5 Å². The minimum Gasteiger partial charge on any atom is -0.497 e. The maximum atomic E-state index is 12.9. The lowest BCUT2D eigenvalue weighted by Crippen LogP contribution is -2.11. The van der Waals surface area contributed by atoms with Gasteiger partial charge >= 0.3 is 0 Å². The van der Waals surface area contributed by atoms with Crippen molar-refractivity contribution in [2.24, 2.45) is 0 Å². The molecule has 0 atom stereocenters. The first-order valence-corrected chi connectivity index (χ1v) is 8.35. The van der Waals surface area contributed by atoms with Crippen LogP contribution < -0.4 is 4.74 Å². The van der Waals surface area contributed by atoms with Crippen LogP contribution in [0.4, 0.5) is 0 Å². The molecule has 120 valence electrons. The first-order valence-electron chi connectivity index (χ1n) is 6.91. The van der Waals surface area contributed by atoms with Crippen molar-refractivity contribution in [3.63, 3.8) is 0 Å². The van der Waals surface area contributed by atoms with Crippen molar-refractivity contribution < 1.29 is 17.9 Å². The van der Waals surface area contributed by atoms with Gasteiger partial charge in [-0.15, -0.1) is 0 Å². The number of hydrogen-bond acceptors (Lipinski definition) is 5. The first kappa shape index (κ1) is 15.8. The Bertz CT molecular complexity index is 1070. The van der Waals surface area contributed by atoms with Gasteiger partial charge in [0.05, 0.1) is 29.2 Å². The van der Waals surface area contributed by atoms with Crippen LogP contribution in [0.25, 0.3) is 10.9 Å². The number of fused-ring (bicyclic) bond motifs is 1. The van der Waals surface area contributed by atoms with Crippen molar-refractivity contribution in [1.29, 1.82) is 5.26 Å². The molecule has 24 heavy (non-hydrogen) atoms. The second kappa shape index (κ2) is 5.83. The molecule has 0 saturated heterocycles. The van der Waals surface area contributed by atoms with E-state index in [2.05, 4.69) is 0 Å². The zero-order chi connectivity index (χ0) is 17.3. The van der Waals surface area contributed by atoms with Gasteiger partial charge < -0.3 is 4.74 Å². The number of nitrogens with zero attached hydrogens (tertiary/aromatic N) is 2. The van der Waals surface area contributed by atoms with Gasteiger partial charge in [-0.05, 0) is 42.5 Å². The highest BCUT2D eigenvalue weighted by Gasteiger charge is 2.21. The fraction of sp³-hybridized carbons (Fsp3) is 0.0588. The molecule has 1 aromatic heterocycles. The number of hydrogen-bond donors (Lipinski definition) is 0. The van der Waals surface area contributed by atoms with Crippen molar-refractivity contribution in [2.45, 2.75) is 4.90 Å². The fourth-order valence-corrected chi connectivity index (χ4v) is 3.83. The molecule has 0 radical (unpaired) electrons. The molecular formula is C17H12N2O4S. The number of carbonyl (C=O) groups excluding carboxylic acids is 1. The minimum atomic E-state index is -3.88. The van der Waals surface area contributed by atoms with Crippen molar-refractivity contribution in [3.05, 3.63) is 59.8 Å². The Morgan fingerprint density at radius 1 is 1.17 bits per heavy atom. The third-order valence-corrected chi connectivity index (χ3v) is 5.36. The Balaban J connectivity index is 2.24. The summed E-state index contributed by atoms with van der Waals surface area (Å²) in [5.74, 6) is 0.540. The SMILES string of the molecule is COc1ccc(S(=O)(=O)n2cc(C=O)c3cc(C#N)ccc32)cc1. The number of carbonyl (C=O) groups is 1. The van der Waals surface area contributed by atoms with Gasteiger partial charge in [0.1, 0.15) is 5.75 Å². The molecule has 3 rings (SSSR count). The molecule has 0 bridgehead atoms. The summed E-state index contributed by atoms with van der Waals surface area (Å²) in [7, 11) is -2.39. The number of methoxy groups -OCH3 is 1. The average molecular weight is 340 g/mol. The number of ether oxygens (including phenoxy) is 1. The van der Waals surface area contributed by atoms with Gasteiger partial charge in [-0.3, -0.25) is 4.79 Å². The van der Waals surface area contributed by atoms with E-state index in [9.17, 15) is 13.2 Å². The average Bonchev–Trinajstić information content (AvgIpc) is 3.00. The van der Waals surface area contributed by atoms with Crippen LogP contribution in [-0.2, 0) is 10.0 Å². The van der Waals surface area contributed by atoms with E-state index in [1.807, 2.05) is 6.07 Å². The minimum absolute atomic E-state index is 0.0713. The number of aromatic nitrogens is 1. The lowest BCUT2D eigenvalue weighted by atomic mass is 10.1. The standard InChI is InChI=1S/C17H12N2O4S/c1-23-14-3-5-15(6-4-14)24(21,22)19-10-13(11-20)16-8-12(9-18)2-7-17(16)19/h2-8,10-11H,1H3.